The van der Waals surface area contributed by atoms with Gasteiger partial charge in [-0.05, 0) is 49.2 Å². The van der Waals surface area contributed by atoms with Gasteiger partial charge in [0.2, 0.25) is 0 Å². The third kappa shape index (κ3) is 3.74. The average molecular weight is 338 g/mol. The van der Waals surface area contributed by atoms with Crippen molar-refractivity contribution < 1.29 is 9.53 Å². The SMILES string of the molecule is COc1ccc(NC(=O)c2ccc(N3CCCCC3=N)cc2)c(N)c1. The van der Waals surface area contributed by atoms with Gasteiger partial charge < -0.3 is 20.7 Å². The lowest BCUT2D eigenvalue weighted by Gasteiger charge is -2.29. The van der Waals surface area contributed by atoms with Gasteiger partial charge in [0.1, 0.15) is 11.6 Å². The first-order valence-corrected chi connectivity index (χ1v) is 8.28. The third-order valence-electron chi connectivity index (χ3n) is 4.32. The summed E-state index contributed by atoms with van der Waals surface area (Å²) in [4.78, 5) is 14.4. The van der Waals surface area contributed by atoms with E-state index in [2.05, 4.69) is 5.32 Å². The lowest BCUT2D eigenvalue weighted by atomic mass is 10.1. The molecule has 25 heavy (non-hydrogen) atoms. The zero-order valence-electron chi connectivity index (χ0n) is 14.2. The van der Waals surface area contributed by atoms with Gasteiger partial charge in [-0.25, -0.2) is 0 Å². The van der Waals surface area contributed by atoms with Gasteiger partial charge in [-0.15, -0.1) is 0 Å². The number of carbonyl (C=O) groups is 1. The van der Waals surface area contributed by atoms with E-state index in [1.807, 2.05) is 17.0 Å². The van der Waals surface area contributed by atoms with E-state index >= 15 is 0 Å². The number of benzene rings is 2. The van der Waals surface area contributed by atoms with Crippen LogP contribution in [0.15, 0.2) is 42.5 Å². The fourth-order valence-corrected chi connectivity index (χ4v) is 2.89. The third-order valence-corrected chi connectivity index (χ3v) is 4.32. The van der Waals surface area contributed by atoms with Crippen LogP contribution in [0.5, 0.6) is 5.75 Å². The van der Waals surface area contributed by atoms with Crippen LogP contribution in [0.3, 0.4) is 0 Å². The van der Waals surface area contributed by atoms with E-state index in [0.29, 0.717) is 28.5 Å². The van der Waals surface area contributed by atoms with E-state index in [0.717, 1.165) is 31.5 Å². The van der Waals surface area contributed by atoms with E-state index in [1.165, 1.54) is 0 Å². The number of rotatable bonds is 4. The molecular weight excluding hydrogens is 316 g/mol. The minimum absolute atomic E-state index is 0.225. The molecule has 6 heteroatoms. The van der Waals surface area contributed by atoms with Crippen LogP contribution in [0.4, 0.5) is 17.1 Å². The summed E-state index contributed by atoms with van der Waals surface area (Å²) in [6.07, 6.45) is 2.96. The van der Waals surface area contributed by atoms with Crippen molar-refractivity contribution in [3.05, 3.63) is 48.0 Å². The summed E-state index contributed by atoms with van der Waals surface area (Å²) in [5.41, 5.74) is 8.43. The highest BCUT2D eigenvalue weighted by molar-refractivity contribution is 6.06. The smallest absolute Gasteiger partial charge is 0.255 e. The van der Waals surface area contributed by atoms with Crippen LogP contribution in [0.2, 0.25) is 0 Å². The van der Waals surface area contributed by atoms with Gasteiger partial charge in [0.25, 0.3) is 5.91 Å². The largest absolute Gasteiger partial charge is 0.497 e. The predicted octanol–water partition coefficient (Wildman–Crippen LogP) is 3.50. The molecule has 1 aliphatic rings. The maximum atomic E-state index is 12.4. The molecule has 1 fully saturated rings. The van der Waals surface area contributed by atoms with E-state index in [1.54, 1.807) is 37.4 Å². The van der Waals surface area contributed by atoms with Gasteiger partial charge >= 0.3 is 0 Å². The number of hydrogen-bond acceptors (Lipinski definition) is 4. The second-order valence-electron chi connectivity index (χ2n) is 6.01. The summed E-state index contributed by atoms with van der Waals surface area (Å²) in [7, 11) is 1.57. The molecule has 0 atom stereocenters. The first-order chi connectivity index (χ1) is 12.1. The first-order valence-electron chi connectivity index (χ1n) is 8.28. The summed E-state index contributed by atoms with van der Waals surface area (Å²) in [6, 6.07) is 12.4. The Morgan fingerprint density at radius 2 is 1.96 bits per heavy atom. The molecule has 0 unspecified atom stereocenters. The quantitative estimate of drug-likeness (QED) is 0.744. The summed E-state index contributed by atoms with van der Waals surface area (Å²) in [5, 5.41) is 10.9. The number of methoxy groups -OCH3 is 1. The minimum Gasteiger partial charge on any atom is -0.497 e. The molecule has 0 saturated carbocycles. The Bertz CT molecular complexity index is 787. The lowest BCUT2D eigenvalue weighted by molar-refractivity contribution is 0.102. The molecule has 0 aliphatic carbocycles. The molecular formula is C19H22N4O2. The Balaban J connectivity index is 1.71. The Labute approximate surface area is 147 Å². The van der Waals surface area contributed by atoms with Crippen molar-refractivity contribution in [1.82, 2.24) is 0 Å². The van der Waals surface area contributed by atoms with Crippen LogP contribution < -0.4 is 20.7 Å². The number of anilines is 3. The molecule has 0 radical (unpaired) electrons. The normalized spacial score (nSPS) is 14.3. The highest BCUT2D eigenvalue weighted by Crippen LogP contribution is 2.25. The number of nitrogens with one attached hydrogen (secondary N) is 2. The number of nitrogens with zero attached hydrogens (tertiary/aromatic N) is 1. The molecule has 3 rings (SSSR count). The standard InChI is InChI=1S/C19H22N4O2/c1-25-15-9-10-17(16(20)12-15)22-19(24)13-5-7-14(8-6-13)23-11-3-2-4-18(23)21/h5-10,12,21H,2-4,11,20H2,1H3,(H,22,24). The molecule has 1 saturated heterocycles. The Morgan fingerprint density at radius 1 is 1.20 bits per heavy atom. The van der Waals surface area contributed by atoms with Gasteiger partial charge in [0, 0.05) is 30.3 Å². The van der Waals surface area contributed by atoms with Gasteiger partial charge in [-0.2, -0.15) is 0 Å². The van der Waals surface area contributed by atoms with Crippen LogP contribution >= 0.6 is 0 Å². The Hall–Kier alpha value is -3.02. The van der Waals surface area contributed by atoms with E-state index < -0.39 is 0 Å². The minimum atomic E-state index is -0.225. The van der Waals surface area contributed by atoms with Crippen molar-refractivity contribution >= 4 is 28.8 Å². The first kappa shape index (κ1) is 16.8. The summed E-state index contributed by atoms with van der Waals surface area (Å²) < 4.78 is 5.10. The molecule has 1 amide bonds. The molecule has 2 aromatic rings. The molecule has 2 aromatic carbocycles. The highest BCUT2D eigenvalue weighted by atomic mass is 16.5. The van der Waals surface area contributed by atoms with Crippen molar-refractivity contribution in [3.63, 3.8) is 0 Å². The zero-order chi connectivity index (χ0) is 17.8. The monoisotopic (exact) mass is 338 g/mol. The number of amides is 1. The maximum absolute atomic E-state index is 12.4. The number of piperidine rings is 1. The van der Waals surface area contributed by atoms with Gasteiger partial charge in [0.05, 0.1) is 18.5 Å². The van der Waals surface area contributed by atoms with Crippen molar-refractivity contribution in [2.24, 2.45) is 0 Å². The number of nitrogens with two attached hydrogens (primary N) is 1. The number of carbonyl (C=O) groups excluding carboxylic acids is 1. The van der Waals surface area contributed by atoms with Crippen LogP contribution in [0.25, 0.3) is 0 Å². The van der Waals surface area contributed by atoms with E-state index in [9.17, 15) is 4.79 Å². The Morgan fingerprint density at radius 3 is 2.60 bits per heavy atom. The average Bonchev–Trinajstić information content (AvgIpc) is 2.64. The van der Waals surface area contributed by atoms with Crippen molar-refractivity contribution in [3.8, 4) is 5.75 Å². The molecule has 6 nitrogen and oxygen atoms in total. The molecule has 0 bridgehead atoms. The predicted molar refractivity (Wildman–Crippen MR) is 101 cm³/mol. The van der Waals surface area contributed by atoms with Crippen molar-refractivity contribution in [2.75, 3.05) is 29.6 Å². The van der Waals surface area contributed by atoms with E-state index in [4.69, 9.17) is 15.9 Å². The van der Waals surface area contributed by atoms with E-state index in [-0.39, 0.29) is 5.91 Å². The van der Waals surface area contributed by atoms with Crippen LogP contribution in [-0.2, 0) is 0 Å². The second-order valence-corrected chi connectivity index (χ2v) is 6.01. The van der Waals surface area contributed by atoms with Gasteiger partial charge in [-0.3, -0.25) is 10.2 Å². The second kappa shape index (κ2) is 7.25. The molecule has 4 N–H and O–H groups in total. The van der Waals surface area contributed by atoms with Gasteiger partial charge in [0.15, 0.2) is 0 Å². The molecule has 130 valence electrons. The van der Waals surface area contributed by atoms with Crippen LogP contribution in [-0.4, -0.2) is 25.4 Å². The highest BCUT2D eigenvalue weighted by Gasteiger charge is 2.17. The topological polar surface area (TPSA) is 91.4 Å². The van der Waals surface area contributed by atoms with Crippen molar-refractivity contribution in [1.29, 1.82) is 5.41 Å². The number of ether oxygens (including phenoxy) is 1. The number of amidine groups is 1. The van der Waals surface area contributed by atoms with Crippen LogP contribution in [0, 0.1) is 5.41 Å². The fourth-order valence-electron chi connectivity index (χ4n) is 2.89. The maximum Gasteiger partial charge on any atom is 0.255 e. The fraction of sp³-hybridized carbons (Fsp3) is 0.263. The van der Waals surface area contributed by atoms with Crippen LogP contribution in [0.1, 0.15) is 29.6 Å². The number of nitrogen functional groups attached to an aromatic ring is 1. The summed E-state index contributed by atoms with van der Waals surface area (Å²) in [5.74, 6) is 1.05. The van der Waals surface area contributed by atoms with Crippen molar-refractivity contribution in [2.45, 2.75) is 19.3 Å². The Kier molecular flexibility index (Phi) is 4.88. The molecule has 0 aromatic heterocycles. The lowest BCUT2D eigenvalue weighted by Crippen LogP contribution is -2.34. The van der Waals surface area contributed by atoms with Gasteiger partial charge in [-0.1, -0.05) is 0 Å². The molecule has 0 spiro atoms. The zero-order valence-corrected chi connectivity index (χ0v) is 14.2. The number of hydrogen-bond donors (Lipinski definition) is 3. The summed E-state index contributed by atoms with van der Waals surface area (Å²) >= 11 is 0. The summed E-state index contributed by atoms with van der Waals surface area (Å²) in [6.45, 7) is 0.854. The molecule has 1 aliphatic heterocycles. The molecule has 1 heterocycles.